The van der Waals surface area contributed by atoms with Gasteiger partial charge in [0, 0.05) is 30.5 Å². The summed E-state index contributed by atoms with van der Waals surface area (Å²) < 4.78 is 28.3. The fourth-order valence-corrected chi connectivity index (χ4v) is 4.79. The van der Waals surface area contributed by atoms with Crippen molar-refractivity contribution in [1.82, 2.24) is 19.3 Å². The average Bonchev–Trinajstić information content (AvgIpc) is 3.48. The first-order chi connectivity index (χ1) is 16.3. The molecule has 8 nitrogen and oxygen atoms in total. The molecule has 0 unspecified atom stereocenters. The molecule has 0 spiro atoms. The van der Waals surface area contributed by atoms with Crippen LogP contribution in [0.15, 0.2) is 30.6 Å². The number of hydrogen-bond donors (Lipinski definition) is 3. The van der Waals surface area contributed by atoms with Gasteiger partial charge in [-0.05, 0) is 38.0 Å². The van der Waals surface area contributed by atoms with Crippen LogP contribution in [-0.2, 0) is 0 Å². The molecule has 1 amide bonds. The molecule has 1 saturated carbocycles. The summed E-state index contributed by atoms with van der Waals surface area (Å²) in [6, 6.07) is 5.92. The molecule has 1 aliphatic rings. The molecule has 1 fully saturated rings. The van der Waals surface area contributed by atoms with Gasteiger partial charge in [0.05, 0.1) is 29.0 Å². The van der Waals surface area contributed by atoms with Crippen LogP contribution in [0.5, 0.6) is 0 Å². The summed E-state index contributed by atoms with van der Waals surface area (Å²) in [5.41, 5.74) is 0.620. The first kappa shape index (κ1) is 23.6. The van der Waals surface area contributed by atoms with Crippen LogP contribution in [0.1, 0.15) is 54.2 Å². The summed E-state index contributed by atoms with van der Waals surface area (Å²) in [5.74, 6) is -0.951. The van der Waals surface area contributed by atoms with E-state index in [4.69, 9.17) is 5.41 Å². The van der Waals surface area contributed by atoms with Crippen LogP contribution >= 0.6 is 12.3 Å². The van der Waals surface area contributed by atoms with Crippen LogP contribution in [0.2, 0.25) is 0 Å². The van der Waals surface area contributed by atoms with Crippen molar-refractivity contribution in [2.45, 2.75) is 38.6 Å². The van der Waals surface area contributed by atoms with Gasteiger partial charge in [-0.2, -0.15) is 5.26 Å². The molecule has 176 valence electrons. The average molecular weight is 484 g/mol. The van der Waals surface area contributed by atoms with Crippen LogP contribution in [0.4, 0.5) is 14.0 Å². The molecular formula is C23H23F2N7OS. The van der Waals surface area contributed by atoms with E-state index in [0.29, 0.717) is 24.1 Å². The summed E-state index contributed by atoms with van der Waals surface area (Å²) in [7, 11) is 1.61. The molecule has 2 heterocycles. The number of hydrogen-bond acceptors (Lipinski definition) is 7. The lowest BCUT2D eigenvalue weighted by Gasteiger charge is -2.28. The van der Waals surface area contributed by atoms with E-state index in [2.05, 4.69) is 26.7 Å². The number of carbonyl (C=O) groups excluding carboxylic acids is 1. The molecule has 34 heavy (non-hydrogen) atoms. The van der Waals surface area contributed by atoms with Gasteiger partial charge in [-0.1, -0.05) is 12.8 Å². The number of carbonyl (C=O) groups is 1. The number of nitriles is 1. The third-order valence-corrected chi connectivity index (χ3v) is 6.88. The smallest absolute Gasteiger partial charge is 0.255 e. The van der Waals surface area contributed by atoms with E-state index in [1.807, 2.05) is 0 Å². The summed E-state index contributed by atoms with van der Waals surface area (Å²) in [6.07, 6.45) is 5.89. The highest BCUT2D eigenvalue weighted by atomic mass is 32.2. The van der Waals surface area contributed by atoms with Crippen LogP contribution in [0.25, 0.3) is 11.2 Å². The Labute approximate surface area is 199 Å². The van der Waals surface area contributed by atoms with Crippen LogP contribution in [-0.4, -0.2) is 38.6 Å². The van der Waals surface area contributed by atoms with Crippen molar-refractivity contribution in [3.05, 3.63) is 53.2 Å². The van der Waals surface area contributed by atoms with Gasteiger partial charge in [0.2, 0.25) is 0 Å². The maximum Gasteiger partial charge on any atom is 0.255 e. The Morgan fingerprint density at radius 3 is 2.74 bits per heavy atom. The van der Waals surface area contributed by atoms with E-state index in [1.165, 1.54) is 30.6 Å². The monoisotopic (exact) mass is 483 g/mol. The number of nitrogens with one attached hydrogen (secondary N) is 3. The summed E-state index contributed by atoms with van der Waals surface area (Å²) in [4.78, 5) is 21.8. The standard InChI is InChI=1S/C23H23F2N7OS/c1-13(23(12-26)7-3-4-8-23)30-22(33)16-11-32(34-25)21-20(16)31-18(10-29-21)19(27)15-6-5-14(24)9-17(15)28-2/h5-6,9-11,13,27-28H,3-4,7-8H2,1-2H3,(H,30,33)/t13-/m1/s1. The van der Waals surface area contributed by atoms with E-state index >= 15 is 0 Å². The lowest BCUT2D eigenvalue weighted by Crippen LogP contribution is -2.44. The lowest BCUT2D eigenvalue weighted by atomic mass is 9.81. The van der Waals surface area contributed by atoms with E-state index < -0.39 is 23.2 Å². The van der Waals surface area contributed by atoms with Crippen LogP contribution < -0.4 is 10.6 Å². The van der Waals surface area contributed by atoms with Gasteiger partial charge in [-0.15, -0.1) is 3.89 Å². The minimum absolute atomic E-state index is 0.0338. The second-order valence-electron chi connectivity index (χ2n) is 8.35. The Balaban J connectivity index is 1.71. The van der Waals surface area contributed by atoms with E-state index in [1.54, 1.807) is 14.0 Å². The number of nitrogens with zero attached hydrogens (tertiary/aromatic N) is 4. The van der Waals surface area contributed by atoms with Crippen molar-refractivity contribution in [2.75, 3.05) is 12.4 Å². The van der Waals surface area contributed by atoms with Gasteiger partial charge in [-0.3, -0.25) is 10.2 Å². The molecule has 3 N–H and O–H groups in total. The van der Waals surface area contributed by atoms with Gasteiger partial charge >= 0.3 is 0 Å². The minimum Gasteiger partial charge on any atom is -0.387 e. The molecule has 0 aliphatic heterocycles. The Bertz CT molecular complexity index is 1310. The third kappa shape index (κ3) is 4.09. The van der Waals surface area contributed by atoms with Crippen molar-refractivity contribution >= 4 is 40.8 Å². The Kier molecular flexibility index (Phi) is 6.52. The minimum atomic E-state index is -0.631. The largest absolute Gasteiger partial charge is 0.387 e. The number of amides is 1. The normalized spacial score (nSPS) is 15.6. The molecule has 0 saturated heterocycles. The van der Waals surface area contributed by atoms with Crippen molar-refractivity contribution < 1.29 is 13.1 Å². The Hall–Kier alpha value is -3.52. The predicted octanol–water partition coefficient (Wildman–Crippen LogP) is 4.61. The van der Waals surface area contributed by atoms with E-state index in [9.17, 15) is 18.3 Å². The summed E-state index contributed by atoms with van der Waals surface area (Å²) in [6.45, 7) is 1.80. The molecule has 1 atom stereocenters. The second-order valence-corrected chi connectivity index (χ2v) is 8.88. The number of halogens is 2. The van der Waals surface area contributed by atoms with Crippen molar-refractivity contribution in [3.63, 3.8) is 0 Å². The lowest BCUT2D eigenvalue weighted by molar-refractivity contribution is 0.0914. The van der Waals surface area contributed by atoms with Crippen molar-refractivity contribution in [2.24, 2.45) is 5.41 Å². The first-order valence-electron chi connectivity index (χ1n) is 10.8. The molecule has 3 aromatic rings. The quantitative estimate of drug-likeness (QED) is 0.422. The SMILES string of the molecule is CNc1cc(F)ccc1C(=N)c1cnc2c(n1)c(C(=O)N[C@H](C)C1(C#N)CCCC1)cn2SF. The Morgan fingerprint density at radius 2 is 2.09 bits per heavy atom. The van der Waals surface area contributed by atoms with Gasteiger partial charge in [0.25, 0.3) is 5.91 Å². The number of fused-ring (bicyclic) bond motifs is 1. The molecule has 11 heteroatoms. The van der Waals surface area contributed by atoms with Gasteiger partial charge in [-0.25, -0.2) is 18.3 Å². The molecule has 4 rings (SSSR count). The molecular weight excluding hydrogens is 460 g/mol. The van der Waals surface area contributed by atoms with Gasteiger partial charge in [0.1, 0.15) is 17.0 Å². The zero-order valence-electron chi connectivity index (χ0n) is 18.7. The van der Waals surface area contributed by atoms with Gasteiger partial charge in [0.15, 0.2) is 18.0 Å². The number of benzene rings is 1. The maximum absolute atomic E-state index is 13.6. The molecule has 1 aromatic carbocycles. The molecule has 0 bridgehead atoms. The predicted molar refractivity (Wildman–Crippen MR) is 127 cm³/mol. The highest BCUT2D eigenvalue weighted by Gasteiger charge is 2.40. The fourth-order valence-electron chi connectivity index (χ4n) is 4.44. The first-order valence-corrected chi connectivity index (χ1v) is 11.5. The maximum atomic E-state index is 13.6. The van der Waals surface area contributed by atoms with Gasteiger partial charge < -0.3 is 10.6 Å². The van der Waals surface area contributed by atoms with Crippen LogP contribution in [0.3, 0.4) is 0 Å². The topological polar surface area (TPSA) is 119 Å². The highest BCUT2D eigenvalue weighted by Crippen LogP contribution is 2.40. The number of aromatic nitrogens is 3. The van der Waals surface area contributed by atoms with E-state index in [-0.39, 0.29) is 40.5 Å². The number of anilines is 1. The van der Waals surface area contributed by atoms with E-state index in [0.717, 1.165) is 16.8 Å². The second kappa shape index (κ2) is 9.38. The molecule has 0 radical (unpaired) electrons. The summed E-state index contributed by atoms with van der Waals surface area (Å²) in [5, 5.41) is 24.0. The third-order valence-electron chi connectivity index (χ3n) is 6.45. The zero-order valence-corrected chi connectivity index (χ0v) is 19.5. The fraction of sp³-hybridized carbons (Fsp3) is 0.348. The van der Waals surface area contributed by atoms with Crippen LogP contribution in [0, 0.1) is 28.0 Å². The molecule has 2 aromatic heterocycles. The van der Waals surface area contributed by atoms with Crippen molar-refractivity contribution in [3.8, 4) is 6.07 Å². The van der Waals surface area contributed by atoms with Crippen molar-refractivity contribution in [1.29, 1.82) is 10.7 Å². The Morgan fingerprint density at radius 1 is 1.35 bits per heavy atom. The zero-order chi connectivity index (χ0) is 24.5. The summed E-state index contributed by atoms with van der Waals surface area (Å²) >= 11 is -0.121. The highest BCUT2D eigenvalue weighted by molar-refractivity contribution is 7.92. The number of rotatable bonds is 7. The molecule has 1 aliphatic carbocycles.